The summed E-state index contributed by atoms with van der Waals surface area (Å²) in [6.07, 6.45) is 2.26. The Kier molecular flexibility index (Phi) is 7.85. The summed E-state index contributed by atoms with van der Waals surface area (Å²) in [6.45, 7) is 5.00. The van der Waals surface area contributed by atoms with Crippen molar-refractivity contribution in [3.8, 4) is 17.2 Å². The first-order valence-corrected chi connectivity index (χ1v) is 12.4. The quantitative estimate of drug-likeness (QED) is 0.508. The second-order valence-corrected chi connectivity index (χ2v) is 9.62. The molecule has 2 unspecified atom stereocenters. The van der Waals surface area contributed by atoms with E-state index in [1.54, 1.807) is 25.3 Å². The van der Waals surface area contributed by atoms with E-state index in [-0.39, 0.29) is 23.9 Å². The van der Waals surface area contributed by atoms with Gasteiger partial charge in [0.25, 0.3) is 5.91 Å². The third-order valence-electron chi connectivity index (χ3n) is 6.56. The number of anilines is 2. The zero-order valence-electron chi connectivity index (χ0n) is 21.7. The first-order valence-electron chi connectivity index (χ1n) is 12.4. The van der Waals surface area contributed by atoms with Crippen LogP contribution in [0.1, 0.15) is 47.8 Å². The highest BCUT2D eigenvalue weighted by Gasteiger charge is 2.32. The van der Waals surface area contributed by atoms with Gasteiger partial charge in [0.2, 0.25) is 5.91 Å². The number of pyridine rings is 1. The molecule has 1 aliphatic rings. The van der Waals surface area contributed by atoms with E-state index in [1.165, 1.54) is 0 Å². The Morgan fingerprint density at radius 2 is 1.84 bits per heavy atom. The van der Waals surface area contributed by atoms with Gasteiger partial charge in [-0.15, -0.1) is 0 Å². The van der Waals surface area contributed by atoms with Crippen LogP contribution in [0.25, 0.3) is 11.1 Å². The summed E-state index contributed by atoms with van der Waals surface area (Å²) in [5.74, 6) is 0.582. The second kappa shape index (κ2) is 11.2. The van der Waals surface area contributed by atoms with Crippen LogP contribution >= 0.6 is 0 Å². The number of likely N-dealkylation sites (N-methyl/N-ethyl adjacent to an activating group) is 1. The molecule has 190 valence electrons. The lowest BCUT2D eigenvalue weighted by molar-refractivity contribution is -0.117. The maximum Gasteiger partial charge on any atom is 0.251 e. The van der Waals surface area contributed by atoms with Crippen LogP contribution in [-0.2, 0) is 4.79 Å². The molecule has 8 nitrogen and oxygen atoms in total. The number of nitrogens with one attached hydrogen (secondary N) is 2. The minimum atomic E-state index is -0.0934. The molecule has 4 rings (SSSR count). The zero-order chi connectivity index (χ0) is 26.5. The van der Waals surface area contributed by atoms with E-state index >= 15 is 0 Å². The second-order valence-electron chi connectivity index (χ2n) is 9.62. The first-order chi connectivity index (χ1) is 17.8. The maximum atomic E-state index is 12.5. The van der Waals surface area contributed by atoms with E-state index in [0.717, 1.165) is 28.9 Å². The van der Waals surface area contributed by atoms with Gasteiger partial charge in [0.1, 0.15) is 11.9 Å². The Morgan fingerprint density at radius 1 is 1.11 bits per heavy atom. The number of nitrogens with zero attached hydrogens (tertiary/aromatic N) is 4. The average molecular weight is 497 g/mol. The zero-order valence-corrected chi connectivity index (χ0v) is 21.7. The summed E-state index contributed by atoms with van der Waals surface area (Å²) >= 11 is 0. The monoisotopic (exact) mass is 496 g/mol. The highest BCUT2D eigenvalue weighted by Crippen LogP contribution is 2.41. The van der Waals surface area contributed by atoms with E-state index in [0.29, 0.717) is 29.9 Å². The molecule has 3 aromatic rings. The van der Waals surface area contributed by atoms with E-state index in [4.69, 9.17) is 5.26 Å². The molecular weight excluding hydrogens is 464 g/mol. The molecule has 2 N–H and O–H groups in total. The normalized spacial score (nSPS) is 16.6. The van der Waals surface area contributed by atoms with Crippen molar-refractivity contribution >= 4 is 23.3 Å². The predicted octanol–water partition coefficient (Wildman–Crippen LogP) is 4.21. The smallest absolute Gasteiger partial charge is 0.251 e. The Morgan fingerprint density at radius 3 is 2.46 bits per heavy atom. The van der Waals surface area contributed by atoms with Gasteiger partial charge >= 0.3 is 0 Å². The number of amides is 2. The molecule has 2 amide bonds. The van der Waals surface area contributed by atoms with Crippen molar-refractivity contribution < 1.29 is 9.59 Å². The van der Waals surface area contributed by atoms with E-state index in [9.17, 15) is 9.59 Å². The first kappa shape index (κ1) is 25.9. The van der Waals surface area contributed by atoms with Crippen molar-refractivity contribution in [2.24, 2.45) is 0 Å². The van der Waals surface area contributed by atoms with Crippen LogP contribution in [0.4, 0.5) is 11.5 Å². The molecule has 8 heteroatoms. The maximum absolute atomic E-state index is 12.5. The van der Waals surface area contributed by atoms with Crippen LogP contribution < -0.4 is 15.5 Å². The van der Waals surface area contributed by atoms with Crippen LogP contribution in [0.5, 0.6) is 0 Å². The molecule has 0 radical (unpaired) electrons. The van der Waals surface area contributed by atoms with Gasteiger partial charge in [-0.3, -0.25) is 9.59 Å². The topological polar surface area (TPSA) is 101 Å². The molecule has 0 aliphatic carbocycles. The summed E-state index contributed by atoms with van der Waals surface area (Å²) in [7, 11) is 3.94. The van der Waals surface area contributed by atoms with Crippen molar-refractivity contribution in [1.82, 2.24) is 15.2 Å². The molecule has 0 bridgehead atoms. The van der Waals surface area contributed by atoms with Gasteiger partial charge in [0.15, 0.2) is 0 Å². The van der Waals surface area contributed by atoms with Crippen molar-refractivity contribution in [2.45, 2.75) is 32.4 Å². The molecular formula is C29H32N6O2. The van der Waals surface area contributed by atoms with Crippen LogP contribution in [0.15, 0.2) is 60.8 Å². The average Bonchev–Trinajstić information content (AvgIpc) is 2.88. The van der Waals surface area contributed by atoms with Crippen molar-refractivity contribution in [2.75, 3.05) is 37.4 Å². The number of aromatic nitrogens is 1. The molecule has 0 fully saturated rings. The standard InChI is InChI=1S/C29H32N6O2/c1-19-15-26(33-28-12-5-21(17-30)18-32-28)25-16-24(10-11-27(25)35(19)20(2)36)22-6-8-23(9-7-22)29(37)31-13-14-34(3)4/h5-12,16,18-19,26H,13-15H2,1-4H3,(H,31,37)(H,32,33). The number of fused-ring (bicyclic) bond motifs is 1. The van der Waals surface area contributed by atoms with Gasteiger partial charge < -0.3 is 20.4 Å². The lowest BCUT2D eigenvalue weighted by Crippen LogP contribution is -2.43. The van der Waals surface area contributed by atoms with Gasteiger partial charge in [0.05, 0.1) is 11.6 Å². The predicted molar refractivity (Wildman–Crippen MR) is 145 cm³/mol. The molecule has 2 aromatic carbocycles. The van der Waals surface area contributed by atoms with Gasteiger partial charge in [-0.2, -0.15) is 5.26 Å². The Labute approximate surface area is 217 Å². The molecule has 2 heterocycles. The van der Waals surface area contributed by atoms with Gasteiger partial charge in [-0.25, -0.2) is 4.98 Å². The van der Waals surface area contributed by atoms with Crippen molar-refractivity contribution in [3.05, 3.63) is 77.5 Å². The number of benzene rings is 2. The minimum Gasteiger partial charge on any atom is -0.363 e. The van der Waals surface area contributed by atoms with E-state index in [2.05, 4.69) is 27.8 Å². The largest absolute Gasteiger partial charge is 0.363 e. The number of nitriles is 1. The minimum absolute atomic E-state index is 0.00100. The summed E-state index contributed by atoms with van der Waals surface area (Å²) < 4.78 is 0. The molecule has 37 heavy (non-hydrogen) atoms. The highest BCUT2D eigenvalue weighted by molar-refractivity contribution is 5.95. The number of hydrogen-bond acceptors (Lipinski definition) is 6. The summed E-state index contributed by atoms with van der Waals surface area (Å²) in [5, 5.41) is 15.5. The van der Waals surface area contributed by atoms with Gasteiger partial charge in [-0.05, 0) is 80.5 Å². The number of carbonyl (C=O) groups excluding carboxylic acids is 2. The Hall–Kier alpha value is -4.22. The summed E-state index contributed by atoms with van der Waals surface area (Å²) in [6, 6.07) is 19.2. The third-order valence-corrected chi connectivity index (χ3v) is 6.56. The van der Waals surface area contributed by atoms with Crippen LogP contribution in [0, 0.1) is 11.3 Å². The fourth-order valence-corrected chi connectivity index (χ4v) is 4.69. The van der Waals surface area contributed by atoms with Gasteiger partial charge in [-0.1, -0.05) is 18.2 Å². The lowest BCUT2D eigenvalue weighted by atomic mass is 9.89. The van der Waals surface area contributed by atoms with Crippen LogP contribution in [0.2, 0.25) is 0 Å². The number of hydrogen-bond donors (Lipinski definition) is 2. The molecule has 0 saturated carbocycles. The fraction of sp³-hybridized carbons (Fsp3) is 0.310. The SMILES string of the molecule is CC(=O)N1c2ccc(-c3ccc(C(=O)NCCN(C)C)cc3)cc2C(Nc2ccc(C#N)cn2)CC1C. The molecule has 0 spiro atoms. The molecule has 1 aliphatic heterocycles. The van der Waals surface area contributed by atoms with Crippen LogP contribution in [-0.4, -0.2) is 54.9 Å². The van der Waals surface area contributed by atoms with Crippen LogP contribution in [0.3, 0.4) is 0 Å². The Bertz CT molecular complexity index is 1310. The molecule has 2 atom stereocenters. The highest BCUT2D eigenvalue weighted by atomic mass is 16.2. The summed E-state index contributed by atoms with van der Waals surface area (Å²) in [4.78, 5) is 33.2. The van der Waals surface area contributed by atoms with E-state index in [1.807, 2.05) is 67.2 Å². The summed E-state index contributed by atoms with van der Waals surface area (Å²) in [5.41, 5.74) is 4.97. The molecule has 0 saturated heterocycles. The third kappa shape index (κ3) is 5.96. The van der Waals surface area contributed by atoms with Gasteiger partial charge in [0, 0.05) is 43.5 Å². The van der Waals surface area contributed by atoms with Crippen molar-refractivity contribution in [1.29, 1.82) is 5.26 Å². The van der Waals surface area contributed by atoms with Crippen molar-refractivity contribution in [3.63, 3.8) is 0 Å². The Balaban J connectivity index is 1.61. The molecule has 1 aromatic heterocycles. The van der Waals surface area contributed by atoms with E-state index < -0.39 is 0 Å². The fourth-order valence-electron chi connectivity index (χ4n) is 4.69. The number of carbonyl (C=O) groups is 2. The lowest BCUT2D eigenvalue weighted by Gasteiger charge is -2.39. The number of rotatable bonds is 7.